The first-order valence-corrected chi connectivity index (χ1v) is 8.47. The Morgan fingerprint density at radius 3 is 2.54 bits per heavy atom. The van der Waals surface area contributed by atoms with Gasteiger partial charge in [-0.2, -0.15) is 0 Å². The molecule has 2 aromatic rings. The van der Waals surface area contributed by atoms with Crippen LogP contribution in [-0.4, -0.2) is 18.1 Å². The van der Waals surface area contributed by atoms with E-state index in [0.29, 0.717) is 6.42 Å². The van der Waals surface area contributed by atoms with E-state index in [9.17, 15) is 4.79 Å². The fourth-order valence-electron chi connectivity index (χ4n) is 4.10. The zero-order chi connectivity index (χ0) is 16.8. The molecule has 1 amide bonds. The summed E-state index contributed by atoms with van der Waals surface area (Å²) in [6.07, 6.45) is 4.82. The number of amides is 1. The van der Waals surface area contributed by atoms with E-state index in [1.165, 1.54) is 11.3 Å². The molecule has 122 valence electrons. The second-order valence-electron chi connectivity index (χ2n) is 7.10. The van der Waals surface area contributed by atoms with Crippen molar-refractivity contribution in [1.82, 2.24) is 5.32 Å². The normalized spacial score (nSPS) is 24.6. The molecule has 0 radical (unpaired) electrons. The van der Waals surface area contributed by atoms with Crippen LogP contribution in [-0.2, 0) is 10.2 Å². The Morgan fingerprint density at radius 2 is 1.75 bits per heavy atom. The molecule has 1 saturated heterocycles. The van der Waals surface area contributed by atoms with Gasteiger partial charge in [0.15, 0.2) is 0 Å². The molecule has 2 aromatic carbocycles. The lowest BCUT2D eigenvalue weighted by Crippen LogP contribution is -2.68. The SMILES string of the molecule is CC1(C)c2ccccc2N2CCC(=O)N[C@@]21C=Cc1ccccc1. The molecule has 3 heteroatoms. The summed E-state index contributed by atoms with van der Waals surface area (Å²) < 4.78 is 0. The third-order valence-electron chi connectivity index (χ3n) is 5.46. The highest BCUT2D eigenvalue weighted by Gasteiger charge is 2.57. The minimum absolute atomic E-state index is 0.116. The number of hydrogen-bond donors (Lipinski definition) is 1. The third kappa shape index (κ3) is 2.01. The number of fused-ring (bicyclic) bond motifs is 3. The molecule has 0 unspecified atom stereocenters. The van der Waals surface area contributed by atoms with Crippen molar-refractivity contribution in [3.63, 3.8) is 0 Å². The Morgan fingerprint density at radius 1 is 1.04 bits per heavy atom. The molecular weight excluding hydrogens is 296 g/mol. The number of hydrogen-bond acceptors (Lipinski definition) is 2. The predicted molar refractivity (Wildman–Crippen MR) is 97.8 cm³/mol. The van der Waals surface area contributed by atoms with Gasteiger partial charge in [0.2, 0.25) is 5.91 Å². The lowest BCUT2D eigenvalue weighted by atomic mass is 9.74. The van der Waals surface area contributed by atoms with Crippen molar-refractivity contribution >= 4 is 17.7 Å². The minimum atomic E-state index is -0.526. The molecule has 4 rings (SSSR count). The Labute approximate surface area is 143 Å². The molecule has 0 saturated carbocycles. The third-order valence-corrected chi connectivity index (χ3v) is 5.46. The Hall–Kier alpha value is -2.55. The van der Waals surface area contributed by atoms with Gasteiger partial charge in [-0.05, 0) is 23.3 Å². The van der Waals surface area contributed by atoms with Crippen LogP contribution in [0.25, 0.3) is 6.08 Å². The highest BCUT2D eigenvalue weighted by molar-refractivity contribution is 5.84. The van der Waals surface area contributed by atoms with Crippen molar-refractivity contribution in [3.05, 3.63) is 71.8 Å². The molecule has 1 N–H and O–H groups in total. The fourth-order valence-corrected chi connectivity index (χ4v) is 4.10. The standard InChI is InChI=1S/C21H22N2O/c1-20(2)17-10-6-7-11-18(17)23-15-13-19(24)22-21(20,23)14-12-16-8-4-3-5-9-16/h3-12,14H,13,15H2,1-2H3,(H,22,24)/t21-/m0/s1. The Bertz CT molecular complexity index is 810. The number of carbonyl (C=O) groups excluding carboxylic acids is 1. The number of nitrogens with one attached hydrogen (secondary N) is 1. The number of benzene rings is 2. The number of nitrogens with zero attached hydrogens (tertiary/aromatic N) is 1. The van der Waals surface area contributed by atoms with E-state index in [1.54, 1.807) is 0 Å². The molecule has 0 aliphatic carbocycles. The fraction of sp³-hybridized carbons (Fsp3) is 0.286. The second kappa shape index (κ2) is 5.23. The summed E-state index contributed by atoms with van der Waals surface area (Å²) in [6, 6.07) is 18.7. The molecular formula is C21H22N2O. The van der Waals surface area contributed by atoms with E-state index < -0.39 is 5.66 Å². The van der Waals surface area contributed by atoms with Crippen molar-refractivity contribution < 1.29 is 4.79 Å². The molecule has 1 fully saturated rings. The minimum Gasteiger partial charge on any atom is -0.344 e. The van der Waals surface area contributed by atoms with Gasteiger partial charge >= 0.3 is 0 Å². The van der Waals surface area contributed by atoms with Crippen LogP contribution >= 0.6 is 0 Å². The van der Waals surface area contributed by atoms with Gasteiger partial charge in [0.1, 0.15) is 5.66 Å². The van der Waals surface area contributed by atoms with Crippen LogP contribution in [0.15, 0.2) is 60.7 Å². The quantitative estimate of drug-likeness (QED) is 0.915. The molecule has 0 bridgehead atoms. The van der Waals surface area contributed by atoms with Gasteiger partial charge < -0.3 is 10.2 Å². The summed E-state index contributed by atoms with van der Waals surface area (Å²) in [4.78, 5) is 14.6. The average molecular weight is 318 g/mol. The molecule has 1 atom stereocenters. The van der Waals surface area contributed by atoms with Crippen LogP contribution in [0.5, 0.6) is 0 Å². The smallest absolute Gasteiger partial charge is 0.223 e. The number of rotatable bonds is 2. The van der Waals surface area contributed by atoms with Crippen molar-refractivity contribution in [2.24, 2.45) is 0 Å². The molecule has 2 aliphatic heterocycles. The van der Waals surface area contributed by atoms with Gasteiger partial charge in [0.05, 0.1) is 0 Å². The maximum absolute atomic E-state index is 12.3. The van der Waals surface area contributed by atoms with Crippen LogP contribution in [0.1, 0.15) is 31.4 Å². The summed E-state index contributed by atoms with van der Waals surface area (Å²) in [5.41, 5.74) is 2.90. The van der Waals surface area contributed by atoms with Crippen molar-refractivity contribution in [2.75, 3.05) is 11.4 Å². The van der Waals surface area contributed by atoms with Crippen LogP contribution in [0.3, 0.4) is 0 Å². The zero-order valence-corrected chi connectivity index (χ0v) is 14.1. The Kier molecular flexibility index (Phi) is 3.27. The summed E-state index contributed by atoms with van der Waals surface area (Å²) >= 11 is 0. The van der Waals surface area contributed by atoms with Gasteiger partial charge in [-0.1, -0.05) is 68.5 Å². The summed E-state index contributed by atoms with van der Waals surface area (Å²) in [7, 11) is 0. The molecule has 2 aliphatic rings. The first kappa shape index (κ1) is 15.0. The van der Waals surface area contributed by atoms with E-state index in [4.69, 9.17) is 0 Å². The summed E-state index contributed by atoms with van der Waals surface area (Å²) in [5.74, 6) is 0.116. The van der Waals surface area contributed by atoms with Gasteiger partial charge in [0.25, 0.3) is 0 Å². The highest BCUT2D eigenvalue weighted by atomic mass is 16.2. The number of para-hydroxylation sites is 1. The molecule has 2 heterocycles. The molecule has 0 aromatic heterocycles. The monoisotopic (exact) mass is 318 g/mol. The maximum atomic E-state index is 12.3. The van der Waals surface area contributed by atoms with Crippen LogP contribution in [0.2, 0.25) is 0 Å². The van der Waals surface area contributed by atoms with Gasteiger partial charge in [0, 0.05) is 24.1 Å². The van der Waals surface area contributed by atoms with Crippen LogP contribution < -0.4 is 10.2 Å². The number of carbonyl (C=O) groups is 1. The van der Waals surface area contributed by atoms with Crippen molar-refractivity contribution in [1.29, 1.82) is 0 Å². The maximum Gasteiger partial charge on any atom is 0.223 e. The van der Waals surface area contributed by atoms with Crippen LogP contribution in [0, 0.1) is 0 Å². The van der Waals surface area contributed by atoms with Crippen LogP contribution in [0.4, 0.5) is 5.69 Å². The topological polar surface area (TPSA) is 32.3 Å². The van der Waals surface area contributed by atoms with E-state index in [-0.39, 0.29) is 11.3 Å². The van der Waals surface area contributed by atoms with Gasteiger partial charge in [-0.15, -0.1) is 0 Å². The largest absolute Gasteiger partial charge is 0.344 e. The Balaban J connectivity index is 1.86. The van der Waals surface area contributed by atoms with E-state index in [2.05, 4.69) is 72.6 Å². The molecule has 0 spiro atoms. The highest BCUT2D eigenvalue weighted by Crippen LogP contribution is 2.52. The second-order valence-corrected chi connectivity index (χ2v) is 7.10. The predicted octanol–water partition coefficient (Wildman–Crippen LogP) is 3.71. The zero-order valence-electron chi connectivity index (χ0n) is 14.1. The van der Waals surface area contributed by atoms with Gasteiger partial charge in [-0.3, -0.25) is 4.79 Å². The molecule has 3 nitrogen and oxygen atoms in total. The molecule has 24 heavy (non-hydrogen) atoms. The van der Waals surface area contributed by atoms with Crippen molar-refractivity contribution in [2.45, 2.75) is 31.3 Å². The van der Waals surface area contributed by atoms with Crippen molar-refractivity contribution in [3.8, 4) is 0 Å². The van der Waals surface area contributed by atoms with E-state index in [1.807, 2.05) is 18.2 Å². The summed E-state index contributed by atoms with van der Waals surface area (Å²) in [6.45, 7) is 5.17. The first-order valence-electron chi connectivity index (χ1n) is 8.47. The lowest BCUT2D eigenvalue weighted by molar-refractivity contribution is -0.124. The lowest BCUT2D eigenvalue weighted by Gasteiger charge is -2.49. The first-order chi connectivity index (χ1) is 11.5. The number of anilines is 1. The average Bonchev–Trinajstić information content (AvgIpc) is 2.79. The van der Waals surface area contributed by atoms with E-state index >= 15 is 0 Å². The van der Waals surface area contributed by atoms with Gasteiger partial charge in [-0.25, -0.2) is 0 Å². The summed E-state index contributed by atoms with van der Waals surface area (Å²) in [5, 5.41) is 3.30. The van der Waals surface area contributed by atoms with E-state index in [0.717, 1.165) is 12.1 Å².